The van der Waals surface area contributed by atoms with Gasteiger partial charge in [0.2, 0.25) is 11.9 Å². The number of hydrogen-bond donors (Lipinski definition) is 3. The Kier molecular flexibility index (Phi) is 19.8. The predicted octanol–water partition coefficient (Wildman–Crippen LogP) is 6.59. The van der Waals surface area contributed by atoms with Crippen molar-refractivity contribution in [1.82, 2.24) is 29.7 Å². The summed E-state index contributed by atoms with van der Waals surface area (Å²) in [4.78, 5) is 83.2. The molecule has 390 valence electrons. The lowest BCUT2D eigenvalue weighted by atomic mass is 9.76. The Morgan fingerprint density at radius 2 is 1.42 bits per heavy atom. The van der Waals surface area contributed by atoms with Crippen molar-refractivity contribution < 1.29 is 52.7 Å². The molecule has 7 rings (SSSR count). The molecule has 5 aromatic rings. The van der Waals surface area contributed by atoms with Crippen LogP contribution >= 0.6 is 0 Å². The minimum atomic E-state index is -0.968. The Balaban J connectivity index is 0.859. The number of carbonyl (C=O) groups is 4. The van der Waals surface area contributed by atoms with Crippen molar-refractivity contribution in [3.8, 4) is 0 Å². The Hall–Kier alpha value is -6.80. The van der Waals surface area contributed by atoms with Crippen LogP contribution in [0.2, 0.25) is 0 Å². The third kappa shape index (κ3) is 14.7. The first-order valence-electron chi connectivity index (χ1n) is 25.2. The number of unbranched alkanes of at least 4 members (excludes halogenated alkanes) is 4. The van der Waals surface area contributed by atoms with Gasteiger partial charge in [-0.15, -0.1) is 0 Å². The maximum atomic E-state index is 13.6. The lowest BCUT2D eigenvalue weighted by Gasteiger charge is -2.44. The van der Waals surface area contributed by atoms with E-state index in [1.807, 2.05) is 13.8 Å². The Morgan fingerprint density at radius 1 is 0.822 bits per heavy atom. The molecule has 9 atom stereocenters. The van der Waals surface area contributed by atoms with Gasteiger partial charge in [0.25, 0.3) is 5.56 Å². The summed E-state index contributed by atoms with van der Waals surface area (Å²) in [6.45, 7) is 4.91. The zero-order valence-corrected chi connectivity index (χ0v) is 41.9. The van der Waals surface area contributed by atoms with Gasteiger partial charge < -0.3 is 43.7 Å². The average Bonchev–Trinajstić information content (AvgIpc) is 3.97. The molecule has 19 nitrogen and oxygen atoms in total. The van der Waals surface area contributed by atoms with Gasteiger partial charge in [-0.1, -0.05) is 81.3 Å². The zero-order valence-electron chi connectivity index (χ0n) is 41.9. The second kappa shape index (κ2) is 26.8. The highest BCUT2D eigenvalue weighted by molar-refractivity contribution is 5.91. The summed E-state index contributed by atoms with van der Waals surface area (Å²) in [6.07, 6.45) is 3.36. The van der Waals surface area contributed by atoms with Crippen LogP contribution in [0.25, 0.3) is 11.2 Å². The van der Waals surface area contributed by atoms with Gasteiger partial charge in [-0.3, -0.25) is 19.1 Å². The SMILES string of the molecule is CC[C@H]1O[C@@H](n2cnc3c(=O)[nH]c(N=CN(C)C)nc32)[C@@H](OCCCCCCNC(=O)CCCCO[C@@H]2C[C@H](COC(=O)c3ccccc3)[C@H](OC(=O)c3ccccc3)[C@H](OC(=O)c3ccccc3)[C@H]2C)C1O. The van der Waals surface area contributed by atoms with Crippen LogP contribution in [0.5, 0.6) is 0 Å². The van der Waals surface area contributed by atoms with Crippen LogP contribution in [-0.4, -0.2) is 137 Å². The van der Waals surface area contributed by atoms with Crippen molar-refractivity contribution in [3.63, 3.8) is 0 Å². The van der Waals surface area contributed by atoms with Crippen molar-refractivity contribution >= 4 is 47.3 Å². The highest BCUT2D eigenvalue weighted by atomic mass is 16.6. The van der Waals surface area contributed by atoms with Crippen molar-refractivity contribution in [1.29, 1.82) is 0 Å². The van der Waals surface area contributed by atoms with Gasteiger partial charge in [0.1, 0.15) is 24.4 Å². The number of imidazole rings is 1. The maximum Gasteiger partial charge on any atom is 0.338 e. The maximum absolute atomic E-state index is 13.6. The van der Waals surface area contributed by atoms with E-state index in [2.05, 4.69) is 25.3 Å². The van der Waals surface area contributed by atoms with Gasteiger partial charge in [-0.25, -0.2) is 24.4 Å². The number of hydrogen-bond acceptors (Lipinski definition) is 15. The summed E-state index contributed by atoms with van der Waals surface area (Å²) in [5.41, 5.74) is 0.990. The van der Waals surface area contributed by atoms with Crippen LogP contribution in [0, 0.1) is 11.8 Å². The minimum Gasteiger partial charge on any atom is -0.462 e. The Morgan fingerprint density at radius 3 is 2.07 bits per heavy atom. The van der Waals surface area contributed by atoms with Crippen LogP contribution in [0.3, 0.4) is 0 Å². The van der Waals surface area contributed by atoms with E-state index in [0.717, 1.165) is 25.7 Å². The molecule has 3 N–H and O–H groups in total. The molecule has 1 aliphatic carbocycles. The van der Waals surface area contributed by atoms with Gasteiger partial charge in [0, 0.05) is 52.1 Å². The number of carbonyl (C=O) groups excluding carboxylic acids is 4. The van der Waals surface area contributed by atoms with Gasteiger partial charge in [0.05, 0.1) is 48.2 Å². The number of nitrogens with zero attached hydrogens (tertiary/aromatic N) is 5. The molecule has 0 spiro atoms. The Bertz CT molecular complexity index is 2650. The van der Waals surface area contributed by atoms with E-state index in [9.17, 15) is 29.1 Å². The first-order valence-corrected chi connectivity index (χ1v) is 25.2. The van der Waals surface area contributed by atoms with Crippen LogP contribution in [0.4, 0.5) is 5.95 Å². The smallest absolute Gasteiger partial charge is 0.338 e. The number of aliphatic hydroxyl groups excluding tert-OH is 1. The quantitative estimate of drug-likeness (QED) is 0.0184. The fourth-order valence-corrected chi connectivity index (χ4v) is 9.05. The molecule has 1 aliphatic heterocycles. The number of aromatic amines is 1. The van der Waals surface area contributed by atoms with E-state index in [1.165, 1.54) is 12.7 Å². The van der Waals surface area contributed by atoms with Crippen LogP contribution < -0.4 is 10.9 Å². The number of ether oxygens (including phenoxy) is 6. The van der Waals surface area contributed by atoms with E-state index >= 15 is 0 Å². The van der Waals surface area contributed by atoms with Crippen molar-refractivity contribution in [3.05, 3.63) is 124 Å². The molecule has 0 bridgehead atoms. The number of aliphatic imine (C=N–C) groups is 1. The highest BCUT2D eigenvalue weighted by Gasteiger charge is 2.49. The van der Waals surface area contributed by atoms with E-state index in [0.29, 0.717) is 68.6 Å². The standard InChI is InChI=1S/C54H67N7O12/c1-5-40-44(63)47(50(71-40)61-34-56-43-48(61)58-54(59-49(43)64)57-33-60(3)4)69-30-19-7-6-18-28-55-42(62)27-17-20-29-68-41-31-39(32-70-51(65)36-21-11-8-12-22-36)46(73-53(67)38-25-15-10-16-26-38)45(35(41)2)72-52(66)37-23-13-9-14-24-37/h8-16,21-26,33-35,39-41,44-47,50,63H,5-7,17-20,27-32H2,1-4H3,(H,55,62)(H,58,59,64)/t35-,39+,40+,41+,44?,45+,46-,47-,50+/m0/s1. The van der Waals surface area contributed by atoms with Crippen LogP contribution in [0.15, 0.2) is 107 Å². The molecule has 3 heterocycles. The monoisotopic (exact) mass is 1010 g/mol. The average molecular weight is 1010 g/mol. The summed E-state index contributed by atoms with van der Waals surface area (Å²) in [5.74, 6) is -2.69. The van der Waals surface area contributed by atoms with E-state index < -0.39 is 78.2 Å². The Labute approximate surface area is 424 Å². The number of fused-ring (bicyclic) bond motifs is 1. The van der Waals surface area contributed by atoms with Crippen molar-refractivity contribution in [2.45, 2.75) is 114 Å². The number of aliphatic hydroxyl groups is 1. The topological polar surface area (TPSA) is 235 Å². The third-order valence-corrected chi connectivity index (χ3v) is 13.0. The molecular formula is C54H67N7O12. The predicted molar refractivity (Wildman–Crippen MR) is 270 cm³/mol. The van der Waals surface area contributed by atoms with Crippen LogP contribution in [-0.2, 0) is 33.2 Å². The second-order valence-electron chi connectivity index (χ2n) is 18.6. The first kappa shape index (κ1) is 54.0. The number of aromatic nitrogens is 4. The van der Waals surface area contributed by atoms with Gasteiger partial charge in [-0.05, 0) is 74.9 Å². The lowest BCUT2D eigenvalue weighted by Crippen LogP contribution is -2.54. The number of H-pyrrole nitrogens is 1. The fourth-order valence-electron chi connectivity index (χ4n) is 9.05. The molecule has 0 radical (unpaired) electrons. The number of benzene rings is 3. The molecule has 1 unspecified atom stereocenters. The number of nitrogens with one attached hydrogen (secondary N) is 2. The molecule has 3 aromatic carbocycles. The summed E-state index contributed by atoms with van der Waals surface area (Å²) >= 11 is 0. The highest BCUT2D eigenvalue weighted by Crippen LogP contribution is 2.38. The normalized spacial score (nSPS) is 22.8. The molecule has 1 amide bonds. The van der Waals surface area contributed by atoms with Crippen molar-refractivity contribution in [2.24, 2.45) is 16.8 Å². The van der Waals surface area contributed by atoms with E-state index in [4.69, 9.17) is 28.4 Å². The van der Waals surface area contributed by atoms with Gasteiger partial charge in [-0.2, -0.15) is 4.98 Å². The summed E-state index contributed by atoms with van der Waals surface area (Å²) in [6, 6.07) is 25.7. The number of rotatable bonds is 25. The molecule has 73 heavy (non-hydrogen) atoms. The lowest BCUT2D eigenvalue weighted by molar-refractivity contribution is -0.150. The molecular weight excluding hydrogens is 939 g/mol. The summed E-state index contributed by atoms with van der Waals surface area (Å²) < 4.78 is 38.7. The molecule has 2 aliphatic rings. The number of esters is 3. The van der Waals surface area contributed by atoms with E-state index in [1.54, 1.807) is 115 Å². The van der Waals surface area contributed by atoms with Crippen molar-refractivity contribution in [2.75, 3.05) is 40.5 Å². The molecule has 2 aromatic heterocycles. The molecule has 2 fully saturated rings. The summed E-state index contributed by atoms with van der Waals surface area (Å²) in [5, 5.41) is 14.2. The summed E-state index contributed by atoms with van der Waals surface area (Å²) in [7, 11) is 3.60. The molecule has 1 saturated carbocycles. The zero-order chi connectivity index (χ0) is 51.7. The second-order valence-corrected chi connectivity index (χ2v) is 18.6. The van der Waals surface area contributed by atoms with Crippen LogP contribution in [0.1, 0.15) is 109 Å². The van der Waals surface area contributed by atoms with Gasteiger partial charge in [0.15, 0.2) is 17.4 Å². The largest absolute Gasteiger partial charge is 0.462 e. The molecule has 1 saturated heterocycles. The molecule has 19 heteroatoms. The van der Waals surface area contributed by atoms with E-state index in [-0.39, 0.29) is 29.6 Å². The van der Waals surface area contributed by atoms with Gasteiger partial charge >= 0.3 is 17.9 Å². The minimum absolute atomic E-state index is 0.0579. The first-order chi connectivity index (χ1) is 35.4. The fraction of sp³-hybridized carbons (Fsp3) is 0.481. The third-order valence-electron chi connectivity index (χ3n) is 13.0. The number of amides is 1.